The van der Waals surface area contributed by atoms with Gasteiger partial charge in [0.1, 0.15) is 4.99 Å². The number of hydrogen-bond donors (Lipinski definition) is 3. The van der Waals surface area contributed by atoms with Crippen LogP contribution < -0.4 is 10.2 Å². The monoisotopic (exact) mass is 622 g/mol. The standard InChI is InChI=1S/C22H19BrN2O5S.2C3H8O/c1-25-15-10-5-4-9-14(15)22(18(25)26)16(12-7-6-8-13(23)11-12)21(17(31)24-22,19(27)29-2)20(28)30-3;2*1-3(2)4/h4-11,16H,1-3H3,(H,24,31);2*3-4H,1-2H3/t16-,22-;;/m0../s1. The molecule has 1 amide bonds. The number of nitrogens with zero attached hydrogens (tertiary/aromatic N) is 1. The summed E-state index contributed by atoms with van der Waals surface area (Å²) < 4.78 is 10.8. The van der Waals surface area contributed by atoms with Gasteiger partial charge in [-0.15, -0.1) is 0 Å². The highest BCUT2D eigenvalue weighted by Gasteiger charge is 2.75. The maximum Gasteiger partial charge on any atom is 0.331 e. The van der Waals surface area contributed by atoms with E-state index in [9.17, 15) is 14.4 Å². The van der Waals surface area contributed by atoms with Crippen molar-refractivity contribution < 1.29 is 34.1 Å². The Bertz CT molecular complexity index is 1210. The number of fused-ring (bicyclic) bond motifs is 2. The van der Waals surface area contributed by atoms with Crippen molar-refractivity contribution in [2.75, 3.05) is 26.2 Å². The van der Waals surface area contributed by atoms with E-state index in [-0.39, 0.29) is 23.1 Å². The number of halogens is 1. The minimum atomic E-state index is -2.05. The van der Waals surface area contributed by atoms with Gasteiger partial charge in [0, 0.05) is 35.0 Å². The Morgan fingerprint density at radius 3 is 2.00 bits per heavy atom. The zero-order valence-corrected chi connectivity index (χ0v) is 25.4. The summed E-state index contributed by atoms with van der Waals surface area (Å²) >= 11 is 9.03. The molecule has 11 heteroatoms. The summed E-state index contributed by atoms with van der Waals surface area (Å²) in [6.45, 7) is 6.89. The third kappa shape index (κ3) is 5.86. The largest absolute Gasteiger partial charge is 0.468 e. The van der Waals surface area contributed by atoms with Gasteiger partial charge in [-0.25, -0.2) is 0 Å². The maximum absolute atomic E-state index is 13.8. The lowest BCUT2D eigenvalue weighted by Gasteiger charge is -2.35. The topological polar surface area (TPSA) is 125 Å². The molecular formula is C28H35BrN2O7S. The lowest BCUT2D eigenvalue weighted by atomic mass is 9.64. The van der Waals surface area contributed by atoms with Crippen LogP contribution in [0.1, 0.15) is 44.7 Å². The number of nitrogens with one attached hydrogen (secondary N) is 1. The highest BCUT2D eigenvalue weighted by atomic mass is 79.9. The van der Waals surface area contributed by atoms with E-state index in [0.717, 1.165) is 0 Å². The van der Waals surface area contributed by atoms with Crippen LogP contribution in [0.15, 0.2) is 53.0 Å². The molecule has 2 aliphatic rings. The first-order chi connectivity index (χ1) is 18.2. The van der Waals surface area contributed by atoms with E-state index in [0.29, 0.717) is 21.3 Å². The Balaban J connectivity index is 0.000000590. The molecule has 0 unspecified atom stereocenters. The van der Waals surface area contributed by atoms with E-state index in [1.54, 1.807) is 71.1 Å². The van der Waals surface area contributed by atoms with Crippen LogP contribution in [0.25, 0.3) is 0 Å². The second-order valence-electron chi connectivity index (χ2n) is 9.61. The summed E-state index contributed by atoms with van der Waals surface area (Å²) in [4.78, 5) is 41.7. The van der Waals surface area contributed by atoms with Gasteiger partial charge in [-0.05, 0) is 51.5 Å². The first-order valence-electron chi connectivity index (χ1n) is 12.2. The molecule has 9 nitrogen and oxygen atoms in total. The molecule has 0 bridgehead atoms. The number of likely N-dealkylation sites (N-methyl/N-ethyl adjacent to an activating group) is 1. The summed E-state index contributed by atoms with van der Waals surface area (Å²) in [6.07, 6.45) is -0.333. The number of esters is 2. The number of rotatable bonds is 3. The quantitative estimate of drug-likeness (QED) is 0.268. The van der Waals surface area contributed by atoms with Gasteiger partial charge in [-0.1, -0.05) is 58.5 Å². The number of hydrogen-bond acceptors (Lipinski definition) is 8. The van der Waals surface area contributed by atoms with Crippen molar-refractivity contribution in [1.82, 2.24) is 5.32 Å². The average Bonchev–Trinajstić information content (AvgIpc) is 3.27. The van der Waals surface area contributed by atoms with Crippen LogP contribution in [-0.2, 0) is 29.4 Å². The Morgan fingerprint density at radius 2 is 1.51 bits per heavy atom. The number of carbonyl (C=O) groups excluding carboxylic acids is 3. The fourth-order valence-corrected chi connectivity index (χ4v) is 5.67. The van der Waals surface area contributed by atoms with Crippen LogP contribution in [0.5, 0.6) is 0 Å². The maximum atomic E-state index is 13.8. The SMILES string of the molecule is CC(C)O.CC(C)O.COC(=O)C1(C(=O)OC)C(=S)N[C@]2(C(=O)N(C)c3ccccc32)[C@H]1c1cccc(Br)c1. The van der Waals surface area contributed by atoms with Crippen LogP contribution in [0.4, 0.5) is 5.69 Å². The minimum absolute atomic E-state index is 0.116. The average molecular weight is 624 g/mol. The molecule has 2 aromatic rings. The molecule has 1 fully saturated rings. The van der Waals surface area contributed by atoms with E-state index in [1.165, 1.54) is 19.1 Å². The van der Waals surface area contributed by atoms with Crippen LogP contribution in [-0.4, -0.2) is 66.5 Å². The second kappa shape index (κ2) is 13.0. The summed E-state index contributed by atoms with van der Waals surface area (Å²) in [7, 11) is 4.00. The van der Waals surface area contributed by atoms with E-state index in [1.807, 2.05) is 12.1 Å². The summed E-state index contributed by atoms with van der Waals surface area (Å²) in [5, 5.41) is 19.2. The molecule has 0 aromatic heterocycles. The summed E-state index contributed by atoms with van der Waals surface area (Å²) in [5.41, 5.74) is -1.71. The number of thiocarbonyl (C=S) groups is 1. The van der Waals surface area contributed by atoms with Crippen molar-refractivity contribution in [2.24, 2.45) is 5.41 Å². The summed E-state index contributed by atoms with van der Waals surface area (Å²) in [5.74, 6) is -3.17. The van der Waals surface area contributed by atoms with Crippen LogP contribution >= 0.6 is 28.1 Å². The van der Waals surface area contributed by atoms with E-state index < -0.39 is 28.8 Å². The van der Waals surface area contributed by atoms with Gasteiger partial charge in [0.05, 0.1) is 20.1 Å². The number of amides is 1. The zero-order valence-electron chi connectivity index (χ0n) is 23.0. The predicted octanol–water partition coefficient (Wildman–Crippen LogP) is 3.44. The molecule has 1 saturated heterocycles. The molecule has 3 N–H and O–H groups in total. The molecule has 0 radical (unpaired) electrons. The highest BCUT2D eigenvalue weighted by Crippen LogP contribution is 2.59. The lowest BCUT2D eigenvalue weighted by Crippen LogP contribution is -2.52. The van der Waals surface area contributed by atoms with Gasteiger partial charge in [-0.2, -0.15) is 0 Å². The highest BCUT2D eigenvalue weighted by molar-refractivity contribution is 9.10. The third-order valence-electron chi connectivity index (χ3n) is 6.06. The zero-order chi connectivity index (χ0) is 29.7. The van der Waals surface area contributed by atoms with Gasteiger partial charge in [0.15, 0.2) is 5.54 Å². The fourth-order valence-electron chi connectivity index (χ4n) is 4.81. The molecule has 1 spiro atoms. The van der Waals surface area contributed by atoms with Gasteiger partial charge < -0.3 is 29.9 Å². The molecule has 2 aliphatic heterocycles. The van der Waals surface area contributed by atoms with Crippen molar-refractivity contribution in [3.05, 3.63) is 64.1 Å². The minimum Gasteiger partial charge on any atom is -0.468 e. The van der Waals surface area contributed by atoms with E-state index >= 15 is 0 Å². The van der Waals surface area contributed by atoms with Crippen LogP contribution in [0, 0.1) is 5.41 Å². The van der Waals surface area contributed by atoms with Crippen molar-refractivity contribution >= 4 is 56.7 Å². The molecule has 4 rings (SSSR count). The van der Waals surface area contributed by atoms with Crippen molar-refractivity contribution in [3.8, 4) is 0 Å². The summed E-state index contributed by atoms with van der Waals surface area (Å²) in [6, 6.07) is 14.3. The van der Waals surface area contributed by atoms with Crippen LogP contribution in [0.3, 0.4) is 0 Å². The Labute approximate surface area is 242 Å². The van der Waals surface area contributed by atoms with Gasteiger partial charge in [0.2, 0.25) is 5.41 Å². The molecule has 2 atom stereocenters. The van der Waals surface area contributed by atoms with Gasteiger partial charge in [-0.3, -0.25) is 14.4 Å². The number of ether oxygens (including phenoxy) is 2. The van der Waals surface area contributed by atoms with E-state index in [4.69, 9.17) is 31.9 Å². The molecule has 212 valence electrons. The fraction of sp³-hybridized carbons (Fsp3) is 0.429. The number of methoxy groups -OCH3 is 2. The number of para-hydroxylation sites is 1. The number of anilines is 1. The normalized spacial score (nSPS) is 20.5. The Hall–Kier alpha value is -2.86. The first-order valence-corrected chi connectivity index (χ1v) is 13.4. The number of carbonyl (C=O) groups is 3. The van der Waals surface area contributed by atoms with Crippen molar-refractivity contribution in [2.45, 2.75) is 51.4 Å². The molecule has 0 saturated carbocycles. The van der Waals surface area contributed by atoms with Gasteiger partial charge in [0.25, 0.3) is 5.91 Å². The van der Waals surface area contributed by atoms with Crippen molar-refractivity contribution in [3.63, 3.8) is 0 Å². The predicted molar refractivity (Wildman–Crippen MR) is 155 cm³/mol. The smallest absolute Gasteiger partial charge is 0.331 e. The molecular weight excluding hydrogens is 588 g/mol. The number of benzene rings is 2. The lowest BCUT2D eigenvalue weighted by molar-refractivity contribution is -0.165. The van der Waals surface area contributed by atoms with Crippen molar-refractivity contribution in [1.29, 1.82) is 0 Å². The second-order valence-corrected chi connectivity index (χ2v) is 10.9. The van der Waals surface area contributed by atoms with E-state index in [2.05, 4.69) is 21.2 Å². The Morgan fingerprint density at radius 1 is 1.00 bits per heavy atom. The number of aliphatic hydroxyl groups is 2. The molecule has 2 heterocycles. The Kier molecular flexibility index (Phi) is 10.8. The van der Waals surface area contributed by atoms with Crippen LogP contribution in [0.2, 0.25) is 0 Å². The first kappa shape index (κ1) is 32.4. The number of aliphatic hydroxyl groups excluding tert-OH is 2. The molecule has 2 aromatic carbocycles. The molecule has 0 aliphatic carbocycles. The third-order valence-corrected chi connectivity index (χ3v) is 6.98. The molecule has 39 heavy (non-hydrogen) atoms. The van der Waals surface area contributed by atoms with Gasteiger partial charge >= 0.3 is 11.9 Å².